The van der Waals surface area contributed by atoms with Gasteiger partial charge in [-0.3, -0.25) is 14.4 Å². The van der Waals surface area contributed by atoms with Crippen molar-refractivity contribution in [3.05, 3.63) is 0 Å². The van der Waals surface area contributed by atoms with Gasteiger partial charge in [0.2, 0.25) is 17.7 Å². The van der Waals surface area contributed by atoms with E-state index >= 15 is 0 Å². The van der Waals surface area contributed by atoms with Crippen LogP contribution in [0.4, 0.5) is 4.79 Å². The Morgan fingerprint density at radius 2 is 1.94 bits per heavy atom. The molecular weight excluding hydrogens is 462 g/mol. The number of ether oxygens (including phenoxy) is 1. The Hall–Kier alpha value is -1.79. The molecular formula is C21H39N5O5SSi. The smallest absolute Gasteiger partial charge is 0.407 e. The highest BCUT2D eigenvalue weighted by atomic mass is 32.1. The minimum absolute atomic E-state index is 0.0450. The maximum absolute atomic E-state index is 13.6. The van der Waals surface area contributed by atoms with Crippen LogP contribution in [0.15, 0.2) is 0 Å². The van der Waals surface area contributed by atoms with Crippen molar-refractivity contribution in [3.63, 3.8) is 0 Å². The lowest BCUT2D eigenvalue weighted by Gasteiger charge is -2.35. The Morgan fingerprint density at radius 1 is 1.30 bits per heavy atom. The number of methoxy groups -OCH3 is 1. The molecule has 0 aromatic carbocycles. The highest BCUT2D eigenvalue weighted by Crippen LogP contribution is 2.31. The number of rotatable bonds is 7. The largest absolute Gasteiger partial charge is 0.453 e. The normalized spacial score (nSPS) is 25.1. The first kappa shape index (κ1) is 27.5. The first-order valence-electron chi connectivity index (χ1n) is 11.3. The maximum Gasteiger partial charge on any atom is 0.407 e. The van der Waals surface area contributed by atoms with Crippen LogP contribution in [0.2, 0.25) is 19.1 Å². The summed E-state index contributed by atoms with van der Waals surface area (Å²) in [4.78, 5) is 52.5. The summed E-state index contributed by atoms with van der Waals surface area (Å²) < 4.78 is 4.71. The van der Waals surface area contributed by atoms with Crippen LogP contribution in [-0.2, 0) is 19.1 Å². The van der Waals surface area contributed by atoms with Crippen molar-refractivity contribution in [2.75, 3.05) is 19.8 Å². The summed E-state index contributed by atoms with van der Waals surface area (Å²) in [5, 5.41) is 7.73. The summed E-state index contributed by atoms with van der Waals surface area (Å²) in [5.74, 6) is -0.889. The predicted molar refractivity (Wildman–Crippen MR) is 131 cm³/mol. The third-order valence-corrected chi connectivity index (χ3v) is 9.36. The first-order chi connectivity index (χ1) is 15.2. The molecule has 2 fully saturated rings. The van der Waals surface area contributed by atoms with Crippen molar-refractivity contribution in [2.24, 2.45) is 17.1 Å². The van der Waals surface area contributed by atoms with Gasteiger partial charge in [0.05, 0.1) is 26.6 Å². The third kappa shape index (κ3) is 7.09. The molecule has 4 amide bonds. The van der Waals surface area contributed by atoms with Crippen LogP contribution in [-0.4, -0.2) is 80.1 Å². The van der Waals surface area contributed by atoms with E-state index in [0.717, 1.165) is 0 Å². The van der Waals surface area contributed by atoms with Crippen LogP contribution in [0.3, 0.4) is 0 Å². The van der Waals surface area contributed by atoms with Gasteiger partial charge < -0.3 is 31.3 Å². The number of nitrogens with one attached hydrogen (secondary N) is 3. The van der Waals surface area contributed by atoms with Crippen LogP contribution >= 0.6 is 12.6 Å². The number of nitrogens with two attached hydrogens (primary N) is 1. The summed E-state index contributed by atoms with van der Waals surface area (Å²) in [6.45, 7) is 10.4. The maximum atomic E-state index is 13.6. The predicted octanol–water partition coefficient (Wildman–Crippen LogP) is 0.441. The van der Waals surface area contributed by atoms with Gasteiger partial charge in [-0.1, -0.05) is 33.9 Å². The van der Waals surface area contributed by atoms with E-state index < -0.39 is 43.1 Å². The van der Waals surface area contributed by atoms with Crippen molar-refractivity contribution < 1.29 is 23.9 Å². The zero-order valence-corrected chi connectivity index (χ0v) is 22.3. The molecule has 0 saturated carbocycles. The molecule has 0 spiro atoms. The quantitative estimate of drug-likeness (QED) is 0.195. The van der Waals surface area contributed by atoms with E-state index in [1.165, 1.54) is 7.11 Å². The zero-order valence-electron chi connectivity index (χ0n) is 20.4. The number of thiol groups is 1. The fourth-order valence-electron chi connectivity index (χ4n) is 4.47. The van der Waals surface area contributed by atoms with Gasteiger partial charge in [-0.15, -0.1) is 0 Å². The van der Waals surface area contributed by atoms with Gasteiger partial charge in [0.25, 0.3) is 0 Å². The van der Waals surface area contributed by atoms with Gasteiger partial charge in [0.1, 0.15) is 12.1 Å². The molecule has 5 atom stereocenters. The van der Waals surface area contributed by atoms with Crippen molar-refractivity contribution in [1.29, 1.82) is 0 Å². The van der Waals surface area contributed by atoms with Crippen LogP contribution in [0.25, 0.3) is 0 Å². The molecule has 188 valence electrons. The van der Waals surface area contributed by atoms with Crippen molar-refractivity contribution in [3.8, 4) is 0 Å². The molecule has 0 radical (unpaired) electrons. The molecule has 5 N–H and O–H groups in total. The van der Waals surface area contributed by atoms with Gasteiger partial charge in [0, 0.05) is 18.6 Å². The summed E-state index contributed by atoms with van der Waals surface area (Å²) in [6.07, 6.45) is 0.878. The number of nitrogens with zero attached hydrogens (tertiary/aromatic N) is 1. The van der Waals surface area contributed by atoms with Crippen LogP contribution in [0.1, 0.15) is 33.6 Å². The number of amides is 4. The summed E-state index contributed by atoms with van der Waals surface area (Å²) >= 11 is 4.33. The average molecular weight is 502 g/mol. The first-order valence-corrected chi connectivity index (χ1v) is 15.3. The molecule has 10 nitrogen and oxygen atoms in total. The molecule has 33 heavy (non-hydrogen) atoms. The Morgan fingerprint density at radius 3 is 2.42 bits per heavy atom. The fraction of sp³-hybridized carbons (Fsp3) is 0.810. The van der Waals surface area contributed by atoms with Crippen molar-refractivity contribution in [1.82, 2.24) is 20.9 Å². The van der Waals surface area contributed by atoms with E-state index in [2.05, 4.69) is 41.7 Å². The van der Waals surface area contributed by atoms with E-state index in [9.17, 15) is 19.2 Å². The van der Waals surface area contributed by atoms with E-state index in [-0.39, 0.29) is 23.6 Å². The van der Waals surface area contributed by atoms with Crippen LogP contribution < -0.4 is 21.7 Å². The Balaban J connectivity index is 2.22. The van der Waals surface area contributed by atoms with Crippen LogP contribution in [0.5, 0.6) is 0 Å². The van der Waals surface area contributed by atoms with Gasteiger partial charge >= 0.3 is 6.09 Å². The second kappa shape index (κ2) is 10.6. The lowest BCUT2D eigenvalue weighted by molar-refractivity contribution is -0.141. The molecule has 2 aliphatic heterocycles. The summed E-state index contributed by atoms with van der Waals surface area (Å²) in [6, 6.07) is -1.44. The van der Waals surface area contributed by atoms with Crippen LogP contribution in [0, 0.1) is 11.3 Å². The molecule has 0 bridgehead atoms. The second-order valence-electron chi connectivity index (χ2n) is 10.9. The van der Waals surface area contributed by atoms with E-state index in [4.69, 9.17) is 10.5 Å². The van der Waals surface area contributed by atoms with Crippen molar-refractivity contribution in [2.45, 2.75) is 76.3 Å². The van der Waals surface area contributed by atoms with Gasteiger partial charge in [-0.25, -0.2) is 4.79 Å². The minimum Gasteiger partial charge on any atom is -0.453 e. The van der Waals surface area contributed by atoms with Gasteiger partial charge in [-0.2, -0.15) is 12.6 Å². The standard InChI is InChI=1S/C21H39N5O5SSi/c1-21(2,3)15(25-20(30)31-4)19(29)26-11-33(5,6)10-14(26)18(28)24-13(16(22)32)9-12-7-8-23-17(12)27/h12-16,32H,7-11,22H2,1-6H3,(H,23,27)(H,24,28)(H,25,30)/t12-,13-,14-,15+,16?/m0/s1. The Labute approximate surface area is 202 Å². The molecule has 0 aliphatic carbocycles. The molecule has 2 rings (SSSR count). The lowest BCUT2D eigenvalue weighted by atomic mass is 9.85. The lowest BCUT2D eigenvalue weighted by Crippen LogP contribution is -2.59. The summed E-state index contributed by atoms with van der Waals surface area (Å²) in [7, 11) is -0.641. The molecule has 0 aromatic rings. The molecule has 0 aromatic heterocycles. The van der Waals surface area contributed by atoms with Gasteiger partial charge in [-0.05, 0) is 24.3 Å². The summed E-state index contributed by atoms with van der Waals surface area (Å²) in [5.41, 5.74) is 5.42. The SMILES string of the molecule is COC(=O)N[C@H](C(=O)N1C[Si](C)(C)C[C@H]1C(=O)N[C@@H](C[C@@H]1CCNC1=O)C(N)S)C(C)(C)C. The minimum atomic E-state index is -1.88. The topological polar surface area (TPSA) is 143 Å². The van der Waals surface area contributed by atoms with E-state index in [1.54, 1.807) is 4.90 Å². The number of carbonyl (C=O) groups is 4. The second-order valence-corrected chi connectivity index (χ2v) is 16.6. The zero-order chi connectivity index (χ0) is 25.1. The van der Waals surface area contributed by atoms with Gasteiger partial charge in [0.15, 0.2) is 0 Å². The molecule has 2 saturated heterocycles. The average Bonchev–Trinajstić information content (AvgIpc) is 3.25. The number of alkyl carbamates (subject to hydrolysis) is 1. The Bertz CT molecular complexity index is 773. The molecule has 12 heteroatoms. The van der Waals surface area contributed by atoms with E-state index in [1.807, 2.05) is 20.8 Å². The fourth-order valence-corrected chi connectivity index (χ4v) is 7.54. The van der Waals surface area contributed by atoms with Crippen molar-refractivity contribution >= 4 is 44.5 Å². The number of carbonyl (C=O) groups excluding carboxylic acids is 4. The Kier molecular flexibility index (Phi) is 8.85. The van der Waals surface area contributed by atoms with E-state index in [0.29, 0.717) is 31.6 Å². The molecule has 2 heterocycles. The highest BCUT2D eigenvalue weighted by Gasteiger charge is 2.48. The monoisotopic (exact) mass is 501 g/mol. The molecule has 1 unspecified atom stereocenters. The highest BCUT2D eigenvalue weighted by molar-refractivity contribution is 7.80. The number of hydrogen-bond acceptors (Lipinski definition) is 7. The number of hydrogen-bond donors (Lipinski definition) is 5. The molecule has 2 aliphatic rings. The third-order valence-electron chi connectivity index (χ3n) is 6.31.